The first kappa shape index (κ1) is 23.7. The van der Waals surface area contributed by atoms with E-state index in [1.165, 1.54) is 0 Å². The summed E-state index contributed by atoms with van der Waals surface area (Å²) in [5.41, 5.74) is 6.71. The average Bonchev–Trinajstić information content (AvgIpc) is 3.39. The molecule has 9 nitrogen and oxygen atoms in total. The summed E-state index contributed by atoms with van der Waals surface area (Å²) in [6, 6.07) is 12.5. The van der Waals surface area contributed by atoms with Gasteiger partial charge in [0.05, 0.1) is 27.8 Å². The molecule has 2 atom stereocenters. The molecule has 2 aromatic heterocycles. The highest BCUT2D eigenvalue weighted by atomic mass is 35.5. The van der Waals surface area contributed by atoms with Gasteiger partial charge in [-0.1, -0.05) is 23.7 Å². The summed E-state index contributed by atoms with van der Waals surface area (Å²) in [5.74, 6) is -1.13. The number of pyridine rings is 1. The lowest BCUT2D eigenvalue weighted by molar-refractivity contribution is -0.118. The van der Waals surface area contributed by atoms with Gasteiger partial charge in [0.25, 0.3) is 17.4 Å². The second-order valence-electron chi connectivity index (χ2n) is 7.91. The van der Waals surface area contributed by atoms with Crippen LogP contribution in [0.15, 0.2) is 59.5 Å². The van der Waals surface area contributed by atoms with E-state index in [9.17, 15) is 19.2 Å². The molecule has 0 aliphatic carbocycles. The molecule has 5 N–H and O–H groups in total. The number of hydrogen-bond acceptors (Lipinski definition) is 6. The van der Waals surface area contributed by atoms with Crippen LogP contribution in [0.25, 0.3) is 11.1 Å². The van der Waals surface area contributed by atoms with E-state index in [1.54, 1.807) is 59.6 Å². The Morgan fingerprint density at radius 1 is 1.03 bits per heavy atom. The van der Waals surface area contributed by atoms with Crippen molar-refractivity contribution in [2.24, 2.45) is 5.73 Å². The van der Waals surface area contributed by atoms with E-state index in [4.69, 9.17) is 17.3 Å². The van der Waals surface area contributed by atoms with Gasteiger partial charge < -0.3 is 21.4 Å². The number of primary amides is 1. The molecule has 1 fully saturated rings. The maximum atomic E-state index is 12.9. The molecule has 0 radical (unpaired) electrons. The molecule has 4 rings (SSSR count). The number of hydrogen-bond donors (Lipinski definition) is 4. The number of likely N-dealkylation sites (tertiary alicyclic amines) is 1. The Balaban J connectivity index is 1.47. The van der Waals surface area contributed by atoms with Gasteiger partial charge in [0.15, 0.2) is 0 Å². The predicted octanol–water partition coefficient (Wildman–Crippen LogP) is 1.45. The second-order valence-corrected chi connectivity index (χ2v) is 9.63. The summed E-state index contributed by atoms with van der Waals surface area (Å²) in [7, 11) is 0. The number of nitrogens with two attached hydrogens (primary N) is 1. The maximum Gasteiger partial charge on any atom is 0.261 e. The van der Waals surface area contributed by atoms with Gasteiger partial charge in [-0.25, -0.2) is 0 Å². The minimum atomic E-state index is -0.492. The zero-order chi connectivity index (χ0) is 24.2. The normalized spacial score (nSPS) is 17.9. The molecule has 3 heterocycles. The first-order valence-electron chi connectivity index (χ1n) is 10.5. The molecule has 1 aliphatic rings. The van der Waals surface area contributed by atoms with E-state index in [0.717, 1.165) is 11.3 Å². The second kappa shape index (κ2) is 10.2. The molecule has 0 unspecified atom stereocenters. The van der Waals surface area contributed by atoms with Gasteiger partial charge in [-0.05, 0) is 42.0 Å². The van der Waals surface area contributed by atoms with Crippen LogP contribution in [0.2, 0.25) is 4.34 Å². The number of nitrogens with one attached hydrogen (secondary N) is 3. The van der Waals surface area contributed by atoms with Gasteiger partial charge in [-0.15, -0.1) is 11.3 Å². The number of aromatic amines is 1. The molecule has 34 heavy (non-hydrogen) atoms. The van der Waals surface area contributed by atoms with E-state index in [-0.39, 0.29) is 23.9 Å². The third kappa shape index (κ3) is 5.53. The summed E-state index contributed by atoms with van der Waals surface area (Å²) >= 11 is 7.09. The number of carbonyl (C=O) groups excluding carboxylic acids is 3. The molecule has 1 aromatic carbocycles. The molecule has 0 spiro atoms. The molecule has 0 saturated carbocycles. The summed E-state index contributed by atoms with van der Waals surface area (Å²) in [6.45, 7) is 0.723. The van der Waals surface area contributed by atoms with Crippen LogP contribution in [0.1, 0.15) is 20.0 Å². The van der Waals surface area contributed by atoms with Gasteiger partial charge >= 0.3 is 0 Å². The number of thiophene rings is 1. The van der Waals surface area contributed by atoms with Gasteiger partial charge in [-0.3, -0.25) is 24.1 Å². The fourth-order valence-electron chi connectivity index (χ4n) is 3.90. The molecular formula is C23H22ClN5O4S. The number of aromatic nitrogens is 1. The number of benzene rings is 1. The predicted molar refractivity (Wildman–Crippen MR) is 130 cm³/mol. The van der Waals surface area contributed by atoms with Crippen LogP contribution >= 0.6 is 22.9 Å². The minimum Gasteiger partial charge on any atom is -0.369 e. The van der Waals surface area contributed by atoms with Crippen molar-refractivity contribution in [2.45, 2.75) is 12.1 Å². The van der Waals surface area contributed by atoms with Crippen molar-refractivity contribution < 1.29 is 14.4 Å². The SMILES string of the molecule is NC(=O)CN1C[C@H](NC(=O)c2ccc(-c3ccc[nH]c3=O)cc2)[C@H](NC(=O)c2ccc(Cl)s2)C1. The van der Waals surface area contributed by atoms with Gasteiger partial charge in [0.1, 0.15) is 0 Å². The molecular weight excluding hydrogens is 478 g/mol. The Kier molecular flexibility index (Phi) is 7.11. The molecule has 3 amide bonds. The first-order valence-corrected chi connectivity index (χ1v) is 11.7. The van der Waals surface area contributed by atoms with Crippen molar-refractivity contribution in [3.05, 3.63) is 79.9 Å². The quantitative estimate of drug-likeness (QED) is 0.390. The number of carbonyl (C=O) groups is 3. The standard InChI is InChI=1S/C23H22ClN5O4S/c24-19-8-7-18(34-19)23(33)28-17-11-29(12-20(25)30)10-16(17)27-21(31)14-5-3-13(4-6-14)15-2-1-9-26-22(15)32/h1-9,16-17H,10-12H2,(H2,25,30)(H,26,32)(H,27,31)(H,28,33)/t16-,17+/m0/s1. The Labute approximate surface area is 203 Å². The maximum absolute atomic E-state index is 12.9. The number of H-pyrrole nitrogens is 1. The number of nitrogens with zero attached hydrogens (tertiary/aromatic N) is 1. The Bertz CT molecular complexity index is 1270. The van der Waals surface area contributed by atoms with Crippen LogP contribution in [0, 0.1) is 0 Å². The third-order valence-corrected chi connectivity index (χ3v) is 6.71. The van der Waals surface area contributed by atoms with Gasteiger partial charge in [-0.2, -0.15) is 0 Å². The molecule has 11 heteroatoms. The summed E-state index contributed by atoms with van der Waals surface area (Å²) < 4.78 is 0.498. The zero-order valence-electron chi connectivity index (χ0n) is 17.9. The smallest absolute Gasteiger partial charge is 0.261 e. The molecule has 1 saturated heterocycles. The zero-order valence-corrected chi connectivity index (χ0v) is 19.5. The largest absolute Gasteiger partial charge is 0.369 e. The monoisotopic (exact) mass is 499 g/mol. The van der Waals surface area contributed by atoms with Crippen LogP contribution in [-0.2, 0) is 4.79 Å². The highest BCUT2D eigenvalue weighted by molar-refractivity contribution is 7.18. The molecule has 1 aliphatic heterocycles. The molecule has 0 bridgehead atoms. The number of amides is 3. The van der Waals surface area contributed by atoms with Crippen LogP contribution in [-0.4, -0.2) is 59.3 Å². The molecule has 176 valence electrons. The van der Waals surface area contributed by atoms with Crippen molar-refractivity contribution in [1.29, 1.82) is 0 Å². The van der Waals surface area contributed by atoms with E-state index in [2.05, 4.69) is 15.6 Å². The Hall–Kier alpha value is -3.47. The van der Waals surface area contributed by atoms with Crippen LogP contribution in [0.4, 0.5) is 0 Å². The van der Waals surface area contributed by atoms with Crippen LogP contribution in [0.5, 0.6) is 0 Å². The highest BCUT2D eigenvalue weighted by Gasteiger charge is 2.35. The van der Waals surface area contributed by atoms with Crippen molar-refractivity contribution in [1.82, 2.24) is 20.5 Å². The lowest BCUT2D eigenvalue weighted by atomic mass is 10.0. The van der Waals surface area contributed by atoms with E-state index in [0.29, 0.717) is 39.0 Å². The first-order chi connectivity index (χ1) is 16.3. The fraction of sp³-hybridized carbons (Fsp3) is 0.217. The van der Waals surface area contributed by atoms with E-state index < -0.39 is 18.0 Å². The topological polar surface area (TPSA) is 137 Å². The van der Waals surface area contributed by atoms with Gasteiger partial charge in [0.2, 0.25) is 5.91 Å². The lowest BCUT2D eigenvalue weighted by Crippen LogP contribution is -2.50. The van der Waals surface area contributed by atoms with Crippen molar-refractivity contribution in [3.63, 3.8) is 0 Å². The Morgan fingerprint density at radius 2 is 1.71 bits per heavy atom. The number of rotatable bonds is 7. The summed E-state index contributed by atoms with van der Waals surface area (Å²) in [5, 5.41) is 5.86. The minimum absolute atomic E-state index is 0.0177. The average molecular weight is 500 g/mol. The lowest BCUT2D eigenvalue weighted by Gasteiger charge is -2.21. The van der Waals surface area contributed by atoms with E-state index in [1.807, 2.05) is 0 Å². The summed E-state index contributed by atoms with van der Waals surface area (Å²) in [4.78, 5) is 53.8. The number of halogens is 1. The fourth-order valence-corrected chi connectivity index (χ4v) is 4.85. The van der Waals surface area contributed by atoms with Crippen molar-refractivity contribution in [3.8, 4) is 11.1 Å². The van der Waals surface area contributed by atoms with Crippen LogP contribution < -0.4 is 21.9 Å². The van der Waals surface area contributed by atoms with Crippen LogP contribution in [0.3, 0.4) is 0 Å². The third-order valence-electron chi connectivity index (χ3n) is 5.48. The Morgan fingerprint density at radius 3 is 2.29 bits per heavy atom. The van der Waals surface area contributed by atoms with Crippen molar-refractivity contribution in [2.75, 3.05) is 19.6 Å². The van der Waals surface area contributed by atoms with Gasteiger partial charge in [0, 0.05) is 30.4 Å². The molecule has 3 aromatic rings. The van der Waals surface area contributed by atoms with Crippen molar-refractivity contribution >= 4 is 40.7 Å². The van der Waals surface area contributed by atoms with E-state index >= 15 is 0 Å². The summed E-state index contributed by atoms with van der Waals surface area (Å²) in [6.07, 6.45) is 1.55. The highest BCUT2D eigenvalue weighted by Crippen LogP contribution is 2.22.